The molecule has 3 rings (SSSR count). The highest BCUT2D eigenvalue weighted by Crippen LogP contribution is 2.27. The van der Waals surface area contributed by atoms with Crippen LogP contribution in [0, 0.1) is 18.3 Å². The van der Waals surface area contributed by atoms with Crippen LogP contribution in [0.3, 0.4) is 0 Å². The van der Waals surface area contributed by atoms with E-state index < -0.39 is 0 Å². The highest BCUT2D eigenvalue weighted by atomic mass is 15.3. The molecular weight excluding hydrogens is 224 g/mol. The molecule has 0 unspecified atom stereocenters. The largest absolute Gasteiger partial charge is 0.296 e. The molecule has 4 heteroatoms. The van der Waals surface area contributed by atoms with Gasteiger partial charge in [0.2, 0.25) is 0 Å². The van der Waals surface area contributed by atoms with Gasteiger partial charge in [0.05, 0.1) is 22.6 Å². The zero-order chi connectivity index (χ0) is 12.7. The fraction of sp³-hybridized carbons (Fsp3) is 0.286. The Bertz CT molecular complexity index is 648. The number of nitriles is 1. The van der Waals surface area contributed by atoms with E-state index in [0.29, 0.717) is 5.56 Å². The molecule has 18 heavy (non-hydrogen) atoms. The fourth-order valence-electron chi connectivity index (χ4n) is 2.51. The van der Waals surface area contributed by atoms with E-state index in [1.165, 1.54) is 11.3 Å². The molecule has 2 heterocycles. The summed E-state index contributed by atoms with van der Waals surface area (Å²) in [5.74, 6) is 0. The van der Waals surface area contributed by atoms with Crippen LogP contribution in [-0.4, -0.2) is 21.7 Å². The lowest BCUT2D eigenvalue weighted by molar-refractivity contribution is 0.345. The first-order valence-electron chi connectivity index (χ1n) is 5.96. The van der Waals surface area contributed by atoms with Crippen LogP contribution < -0.4 is 0 Å². The Balaban J connectivity index is 2.20. The molecule has 0 aliphatic carbocycles. The van der Waals surface area contributed by atoms with Crippen molar-refractivity contribution >= 4 is 0 Å². The molecule has 0 fully saturated rings. The lowest BCUT2D eigenvalue weighted by atomic mass is 10.2. The van der Waals surface area contributed by atoms with Crippen LogP contribution in [0.4, 0.5) is 0 Å². The van der Waals surface area contributed by atoms with Crippen LogP contribution in [0.5, 0.6) is 0 Å². The van der Waals surface area contributed by atoms with Crippen molar-refractivity contribution in [3.8, 4) is 11.8 Å². The Morgan fingerprint density at radius 2 is 2.06 bits per heavy atom. The molecule has 1 aromatic carbocycles. The number of fused-ring (bicyclic) bond motifs is 1. The fourth-order valence-corrected chi connectivity index (χ4v) is 2.51. The van der Waals surface area contributed by atoms with Crippen LogP contribution in [0.25, 0.3) is 5.69 Å². The summed E-state index contributed by atoms with van der Waals surface area (Å²) < 4.78 is 1.92. The van der Waals surface area contributed by atoms with Crippen molar-refractivity contribution in [2.24, 2.45) is 0 Å². The third kappa shape index (κ3) is 1.52. The van der Waals surface area contributed by atoms with Crippen LogP contribution in [0.1, 0.15) is 22.5 Å². The zero-order valence-corrected chi connectivity index (χ0v) is 10.5. The van der Waals surface area contributed by atoms with E-state index in [-0.39, 0.29) is 0 Å². The van der Waals surface area contributed by atoms with Crippen LogP contribution in [0.15, 0.2) is 24.3 Å². The number of hydrogen-bond donors (Lipinski definition) is 0. The van der Waals surface area contributed by atoms with Gasteiger partial charge in [-0.2, -0.15) is 10.4 Å². The summed E-state index contributed by atoms with van der Waals surface area (Å²) in [5, 5.41) is 13.8. The van der Waals surface area contributed by atoms with E-state index >= 15 is 0 Å². The minimum Gasteiger partial charge on any atom is -0.296 e. The number of benzene rings is 1. The summed E-state index contributed by atoms with van der Waals surface area (Å²) in [6, 6.07) is 9.83. The van der Waals surface area contributed by atoms with Crippen LogP contribution >= 0.6 is 0 Å². The molecule has 0 amide bonds. The molecule has 1 aromatic heterocycles. The second-order valence-electron chi connectivity index (χ2n) is 4.72. The predicted octanol–water partition coefficient (Wildman–Crippen LogP) is 2.00. The third-order valence-electron chi connectivity index (χ3n) is 3.39. The van der Waals surface area contributed by atoms with Crippen molar-refractivity contribution in [1.29, 1.82) is 5.26 Å². The average molecular weight is 238 g/mol. The van der Waals surface area contributed by atoms with E-state index in [2.05, 4.69) is 23.1 Å². The molecule has 0 saturated heterocycles. The van der Waals surface area contributed by atoms with Gasteiger partial charge in [-0.05, 0) is 26.1 Å². The molecule has 0 spiro atoms. The molecule has 0 radical (unpaired) electrons. The number of nitrogens with zero attached hydrogens (tertiary/aromatic N) is 4. The van der Waals surface area contributed by atoms with Gasteiger partial charge in [0.15, 0.2) is 0 Å². The summed E-state index contributed by atoms with van der Waals surface area (Å²) in [5.41, 5.74) is 5.10. The minimum absolute atomic E-state index is 0.664. The van der Waals surface area contributed by atoms with Gasteiger partial charge in [0.25, 0.3) is 0 Å². The highest BCUT2D eigenvalue weighted by molar-refractivity contribution is 5.50. The standard InChI is InChI=1S/C14H14N4/c1-10-12-8-17(2)9-14(12)18(16-10)13-6-4-3-5-11(13)7-15/h3-6H,8-9H2,1-2H3. The first-order chi connectivity index (χ1) is 8.70. The van der Waals surface area contributed by atoms with Gasteiger partial charge in [0, 0.05) is 18.7 Å². The van der Waals surface area contributed by atoms with Crippen molar-refractivity contribution in [2.45, 2.75) is 20.0 Å². The third-order valence-corrected chi connectivity index (χ3v) is 3.39. The molecule has 4 nitrogen and oxygen atoms in total. The maximum absolute atomic E-state index is 9.19. The lowest BCUT2D eigenvalue weighted by Crippen LogP contribution is -2.12. The number of hydrogen-bond acceptors (Lipinski definition) is 3. The number of rotatable bonds is 1. The molecule has 0 bridgehead atoms. The molecule has 0 saturated carbocycles. The Hall–Kier alpha value is -2.12. The Labute approximate surface area is 106 Å². The Kier molecular flexibility index (Phi) is 2.42. The molecule has 1 aliphatic rings. The monoisotopic (exact) mass is 238 g/mol. The van der Waals surface area contributed by atoms with Gasteiger partial charge in [-0.15, -0.1) is 0 Å². The van der Waals surface area contributed by atoms with Crippen molar-refractivity contribution in [3.05, 3.63) is 46.8 Å². The van der Waals surface area contributed by atoms with Gasteiger partial charge in [-0.1, -0.05) is 12.1 Å². The topological polar surface area (TPSA) is 44.9 Å². The molecular formula is C14H14N4. The van der Waals surface area contributed by atoms with E-state index in [1.54, 1.807) is 0 Å². The van der Waals surface area contributed by atoms with Crippen molar-refractivity contribution in [3.63, 3.8) is 0 Å². The smallest absolute Gasteiger partial charge is 0.101 e. The molecule has 90 valence electrons. The summed E-state index contributed by atoms with van der Waals surface area (Å²) >= 11 is 0. The molecule has 1 aliphatic heterocycles. The average Bonchev–Trinajstić information content (AvgIpc) is 2.89. The van der Waals surface area contributed by atoms with Gasteiger partial charge in [-0.25, -0.2) is 4.68 Å². The normalized spacial score (nSPS) is 14.5. The quantitative estimate of drug-likeness (QED) is 0.763. The van der Waals surface area contributed by atoms with E-state index in [0.717, 1.165) is 24.5 Å². The highest BCUT2D eigenvalue weighted by Gasteiger charge is 2.25. The maximum atomic E-state index is 9.19. The van der Waals surface area contributed by atoms with Crippen molar-refractivity contribution < 1.29 is 0 Å². The summed E-state index contributed by atoms with van der Waals surface area (Å²) in [4.78, 5) is 2.25. The van der Waals surface area contributed by atoms with Gasteiger partial charge >= 0.3 is 0 Å². The first-order valence-corrected chi connectivity index (χ1v) is 5.96. The van der Waals surface area contributed by atoms with Crippen LogP contribution in [0.2, 0.25) is 0 Å². The summed E-state index contributed by atoms with van der Waals surface area (Å²) in [6.45, 7) is 3.86. The van der Waals surface area contributed by atoms with Crippen molar-refractivity contribution in [1.82, 2.24) is 14.7 Å². The molecule has 0 atom stereocenters. The van der Waals surface area contributed by atoms with E-state index in [1.807, 2.05) is 35.9 Å². The number of aryl methyl sites for hydroxylation is 1. The van der Waals surface area contributed by atoms with Gasteiger partial charge < -0.3 is 0 Å². The summed E-state index contributed by atoms with van der Waals surface area (Å²) in [6.07, 6.45) is 0. The predicted molar refractivity (Wildman–Crippen MR) is 68.2 cm³/mol. The Morgan fingerprint density at radius 1 is 1.28 bits per heavy atom. The summed E-state index contributed by atoms with van der Waals surface area (Å²) in [7, 11) is 2.10. The van der Waals surface area contributed by atoms with E-state index in [9.17, 15) is 5.26 Å². The number of para-hydroxylation sites is 1. The zero-order valence-electron chi connectivity index (χ0n) is 10.5. The Morgan fingerprint density at radius 3 is 2.83 bits per heavy atom. The minimum atomic E-state index is 0.664. The maximum Gasteiger partial charge on any atom is 0.101 e. The number of aromatic nitrogens is 2. The van der Waals surface area contributed by atoms with Crippen LogP contribution in [-0.2, 0) is 13.1 Å². The van der Waals surface area contributed by atoms with Gasteiger partial charge in [-0.3, -0.25) is 4.90 Å². The second-order valence-corrected chi connectivity index (χ2v) is 4.72. The second kappa shape index (κ2) is 3.97. The first kappa shape index (κ1) is 11.0. The van der Waals surface area contributed by atoms with Gasteiger partial charge in [0.1, 0.15) is 6.07 Å². The van der Waals surface area contributed by atoms with E-state index in [4.69, 9.17) is 0 Å². The molecule has 2 aromatic rings. The SMILES string of the molecule is Cc1nn(-c2ccccc2C#N)c2c1CN(C)C2. The lowest BCUT2D eigenvalue weighted by Gasteiger charge is -2.10. The van der Waals surface area contributed by atoms with Crippen molar-refractivity contribution in [2.75, 3.05) is 7.05 Å². The molecule has 0 N–H and O–H groups in total.